The number of anilines is 1. The van der Waals surface area contributed by atoms with E-state index in [0.717, 1.165) is 17.0 Å². The summed E-state index contributed by atoms with van der Waals surface area (Å²) in [6.07, 6.45) is 1.11. The molecule has 19 heavy (non-hydrogen) atoms. The van der Waals surface area contributed by atoms with Crippen molar-refractivity contribution >= 4 is 5.69 Å². The number of aliphatic hydroxyl groups excluding tert-OH is 1. The Labute approximate surface area is 113 Å². The van der Waals surface area contributed by atoms with E-state index in [-0.39, 0.29) is 0 Å². The predicted octanol–water partition coefficient (Wildman–Crippen LogP) is 2.99. The molecule has 0 radical (unpaired) electrons. The van der Waals surface area contributed by atoms with E-state index in [1.54, 1.807) is 19.2 Å². The van der Waals surface area contributed by atoms with Crippen molar-refractivity contribution in [2.75, 3.05) is 19.0 Å². The first-order valence-corrected chi connectivity index (χ1v) is 6.15. The Hall–Kier alpha value is -2.07. The molecule has 4 heteroatoms. The van der Waals surface area contributed by atoms with Gasteiger partial charge < -0.3 is 14.7 Å². The van der Waals surface area contributed by atoms with E-state index in [0.29, 0.717) is 5.88 Å². The van der Waals surface area contributed by atoms with E-state index >= 15 is 0 Å². The SMILES string of the molecule is C[C@H](O)c1ccc(Oc2cccc(N(C)C)c2)nc1. The van der Waals surface area contributed by atoms with Gasteiger partial charge in [0, 0.05) is 38.1 Å². The smallest absolute Gasteiger partial charge is 0.219 e. The molecule has 0 spiro atoms. The molecular weight excluding hydrogens is 240 g/mol. The number of aliphatic hydroxyl groups is 1. The Kier molecular flexibility index (Phi) is 4.02. The Bertz CT molecular complexity index is 536. The maximum absolute atomic E-state index is 9.42. The molecule has 2 rings (SSSR count). The minimum Gasteiger partial charge on any atom is -0.439 e. The Morgan fingerprint density at radius 2 is 2.00 bits per heavy atom. The van der Waals surface area contributed by atoms with E-state index in [1.807, 2.05) is 49.3 Å². The summed E-state index contributed by atoms with van der Waals surface area (Å²) in [5.41, 5.74) is 1.84. The topological polar surface area (TPSA) is 45.6 Å². The molecule has 0 saturated carbocycles. The van der Waals surface area contributed by atoms with Gasteiger partial charge in [-0.3, -0.25) is 0 Å². The van der Waals surface area contributed by atoms with Crippen molar-refractivity contribution < 1.29 is 9.84 Å². The largest absolute Gasteiger partial charge is 0.439 e. The van der Waals surface area contributed by atoms with Crippen LogP contribution in [0.15, 0.2) is 42.6 Å². The molecule has 1 heterocycles. The summed E-state index contributed by atoms with van der Waals surface area (Å²) < 4.78 is 5.68. The molecule has 0 saturated heterocycles. The fourth-order valence-electron chi connectivity index (χ4n) is 1.65. The lowest BCUT2D eigenvalue weighted by atomic mass is 10.2. The van der Waals surface area contributed by atoms with Gasteiger partial charge in [0.2, 0.25) is 5.88 Å². The lowest BCUT2D eigenvalue weighted by Crippen LogP contribution is -2.08. The zero-order valence-electron chi connectivity index (χ0n) is 11.4. The summed E-state index contributed by atoms with van der Waals surface area (Å²) in [7, 11) is 3.96. The second kappa shape index (κ2) is 5.71. The predicted molar refractivity (Wildman–Crippen MR) is 75.7 cm³/mol. The van der Waals surface area contributed by atoms with Crippen molar-refractivity contribution in [1.29, 1.82) is 0 Å². The third kappa shape index (κ3) is 3.45. The van der Waals surface area contributed by atoms with Crippen molar-refractivity contribution in [2.45, 2.75) is 13.0 Å². The molecule has 0 unspecified atom stereocenters. The van der Waals surface area contributed by atoms with Gasteiger partial charge in [0.1, 0.15) is 5.75 Å². The molecule has 1 aromatic heterocycles. The average molecular weight is 258 g/mol. The quantitative estimate of drug-likeness (QED) is 0.915. The standard InChI is InChI=1S/C15H18N2O2/c1-11(18)12-7-8-15(16-10-12)19-14-6-4-5-13(9-14)17(2)3/h4-11,18H,1-3H3/t11-/m0/s1. The van der Waals surface area contributed by atoms with Crippen LogP contribution in [0.2, 0.25) is 0 Å². The van der Waals surface area contributed by atoms with Crippen LogP contribution in [0.4, 0.5) is 5.69 Å². The lowest BCUT2D eigenvalue weighted by Gasteiger charge is -2.13. The van der Waals surface area contributed by atoms with E-state index in [9.17, 15) is 5.11 Å². The fraction of sp³-hybridized carbons (Fsp3) is 0.267. The summed E-state index contributed by atoms with van der Waals surface area (Å²) >= 11 is 0. The van der Waals surface area contributed by atoms with Crippen LogP contribution in [0.5, 0.6) is 11.6 Å². The van der Waals surface area contributed by atoms with Crippen LogP contribution < -0.4 is 9.64 Å². The second-order valence-electron chi connectivity index (χ2n) is 4.60. The van der Waals surface area contributed by atoms with Crippen LogP contribution >= 0.6 is 0 Å². The van der Waals surface area contributed by atoms with Crippen LogP contribution in [-0.4, -0.2) is 24.2 Å². The van der Waals surface area contributed by atoms with E-state index < -0.39 is 6.10 Å². The molecule has 0 aliphatic rings. The minimum atomic E-state index is -0.515. The molecule has 1 aromatic carbocycles. The molecular formula is C15H18N2O2. The maximum Gasteiger partial charge on any atom is 0.219 e. The number of benzene rings is 1. The van der Waals surface area contributed by atoms with Crippen molar-refractivity contribution in [3.05, 3.63) is 48.2 Å². The molecule has 0 bridgehead atoms. The molecule has 100 valence electrons. The van der Waals surface area contributed by atoms with Crippen LogP contribution in [0, 0.1) is 0 Å². The Morgan fingerprint density at radius 1 is 1.21 bits per heavy atom. The van der Waals surface area contributed by atoms with Crippen LogP contribution in [0.1, 0.15) is 18.6 Å². The summed E-state index contributed by atoms with van der Waals surface area (Å²) in [4.78, 5) is 6.18. The second-order valence-corrected chi connectivity index (χ2v) is 4.60. The fourth-order valence-corrected chi connectivity index (χ4v) is 1.65. The third-order valence-electron chi connectivity index (χ3n) is 2.80. The third-order valence-corrected chi connectivity index (χ3v) is 2.80. The van der Waals surface area contributed by atoms with E-state index in [2.05, 4.69) is 4.98 Å². The summed E-state index contributed by atoms with van der Waals surface area (Å²) in [6.45, 7) is 1.71. The van der Waals surface area contributed by atoms with Gasteiger partial charge >= 0.3 is 0 Å². The molecule has 1 atom stereocenters. The number of aromatic nitrogens is 1. The first kappa shape index (κ1) is 13.4. The van der Waals surface area contributed by atoms with Crippen LogP contribution in [0.3, 0.4) is 0 Å². The monoisotopic (exact) mass is 258 g/mol. The van der Waals surface area contributed by atoms with Crippen LogP contribution in [0.25, 0.3) is 0 Å². The minimum absolute atomic E-state index is 0.514. The zero-order valence-corrected chi connectivity index (χ0v) is 11.4. The van der Waals surface area contributed by atoms with Gasteiger partial charge in [-0.15, -0.1) is 0 Å². The van der Waals surface area contributed by atoms with Crippen molar-refractivity contribution in [2.24, 2.45) is 0 Å². The van der Waals surface area contributed by atoms with Gasteiger partial charge in [-0.25, -0.2) is 4.98 Å². The van der Waals surface area contributed by atoms with Crippen molar-refractivity contribution in [3.63, 3.8) is 0 Å². The summed E-state index contributed by atoms with van der Waals surface area (Å²) in [6, 6.07) is 11.3. The molecule has 0 amide bonds. The number of hydrogen-bond acceptors (Lipinski definition) is 4. The zero-order chi connectivity index (χ0) is 13.8. The van der Waals surface area contributed by atoms with Crippen LogP contribution in [-0.2, 0) is 0 Å². The summed E-state index contributed by atoms with van der Waals surface area (Å²) in [5, 5.41) is 9.42. The van der Waals surface area contributed by atoms with Gasteiger partial charge in [-0.1, -0.05) is 6.07 Å². The number of ether oxygens (including phenoxy) is 1. The van der Waals surface area contributed by atoms with E-state index in [1.165, 1.54) is 0 Å². The molecule has 1 N–H and O–H groups in total. The van der Waals surface area contributed by atoms with Gasteiger partial charge in [0.05, 0.1) is 6.10 Å². The molecule has 4 nitrogen and oxygen atoms in total. The van der Waals surface area contributed by atoms with Gasteiger partial charge in [0.25, 0.3) is 0 Å². The first-order valence-electron chi connectivity index (χ1n) is 6.15. The number of nitrogens with zero attached hydrogens (tertiary/aromatic N) is 2. The lowest BCUT2D eigenvalue weighted by molar-refractivity contribution is 0.198. The highest BCUT2D eigenvalue weighted by molar-refractivity contribution is 5.50. The van der Waals surface area contributed by atoms with Gasteiger partial charge in [-0.05, 0) is 30.7 Å². The number of pyridine rings is 1. The average Bonchev–Trinajstić information content (AvgIpc) is 2.39. The highest BCUT2D eigenvalue weighted by atomic mass is 16.5. The highest BCUT2D eigenvalue weighted by Gasteiger charge is 2.04. The first-order chi connectivity index (χ1) is 9.06. The molecule has 0 aliphatic carbocycles. The normalized spacial score (nSPS) is 12.0. The summed E-state index contributed by atoms with van der Waals surface area (Å²) in [5.74, 6) is 1.25. The Morgan fingerprint density at radius 3 is 2.58 bits per heavy atom. The van der Waals surface area contributed by atoms with Gasteiger partial charge in [-0.2, -0.15) is 0 Å². The van der Waals surface area contributed by atoms with Crippen molar-refractivity contribution in [3.8, 4) is 11.6 Å². The Balaban J connectivity index is 2.14. The number of hydrogen-bond donors (Lipinski definition) is 1. The molecule has 0 aliphatic heterocycles. The number of rotatable bonds is 4. The maximum atomic E-state index is 9.42. The highest BCUT2D eigenvalue weighted by Crippen LogP contribution is 2.24. The van der Waals surface area contributed by atoms with E-state index in [4.69, 9.17) is 4.74 Å². The molecule has 2 aromatic rings. The molecule has 0 fully saturated rings. The van der Waals surface area contributed by atoms with Crippen molar-refractivity contribution in [1.82, 2.24) is 4.98 Å². The van der Waals surface area contributed by atoms with Gasteiger partial charge in [0.15, 0.2) is 0 Å².